The molecule has 1 heterocycles. The summed E-state index contributed by atoms with van der Waals surface area (Å²) in [6.45, 7) is 8.56. The number of nitrogens with zero attached hydrogens (tertiary/aromatic N) is 1. The Morgan fingerprint density at radius 1 is 1.37 bits per heavy atom. The number of carbonyl (C=O) groups is 3. The summed E-state index contributed by atoms with van der Waals surface area (Å²) in [4.78, 5) is 37.1. The van der Waals surface area contributed by atoms with E-state index >= 15 is 0 Å². The first-order valence-corrected chi connectivity index (χ1v) is 6.34. The fourth-order valence-corrected chi connectivity index (χ4v) is 1.92. The molecule has 1 fully saturated rings. The molecule has 19 heavy (non-hydrogen) atoms. The molecule has 6 nitrogen and oxygen atoms in total. The lowest BCUT2D eigenvalue weighted by molar-refractivity contribution is -0.157. The van der Waals surface area contributed by atoms with Gasteiger partial charge in [0.15, 0.2) is 11.3 Å². The second-order valence-electron chi connectivity index (χ2n) is 5.60. The number of carbonyl (C=O) groups excluding carboxylic acids is 3. The van der Waals surface area contributed by atoms with E-state index in [1.54, 1.807) is 27.7 Å². The molecule has 0 radical (unpaired) electrons. The van der Waals surface area contributed by atoms with E-state index in [9.17, 15) is 14.4 Å². The Morgan fingerprint density at radius 2 is 1.95 bits per heavy atom. The Kier molecular flexibility index (Phi) is 4.22. The molecule has 0 saturated carbocycles. The first-order chi connectivity index (χ1) is 8.63. The Labute approximate surface area is 113 Å². The number of Topliss-reactive ketones (excluding diaryl/α,β-unsaturated/α-hetero) is 1. The predicted molar refractivity (Wildman–Crippen MR) is 67.6 cm³/mol. The van der Waals surface area contributed by atoms with E-state index in [4.69, 9.17) is 9.47 Å². The second-order valence-corrected chi connectivity index (χ2v) is 5.60. The summed E-state index contributed by atoms with van der Waals surface area (Å²) in [7, 11) is 0. The number of hydrogen-bond donors (Lipinski definition) is 0. The summed E-state index contributed by atoms with van der Waals surface area (Å²) in [5.41, 5.74) is -2.25. The van der Waals surface area contributed by atoms with Crippen LogP contribution in [-0.4, -0.2) is 47.0 Å². The van der Waals surface area contributed by atoms with E-state index in [1.165, 1.54) is 6.92 Å². The van der Waals surface area contributed by atoms with Crippen molar-refractivity contribution in [2.24, 2.45) is 0 Å². The third kappa shape index (κ3) is 3.05. The summed E-state index contributed by atoms with van der Waals surface area (Å²) in [6.07, 6.45) is -0.539. The zero-order chi connectivity index (χ0) is 14.8. The molecule has 0 bridgehead atoms. The van der Waals surface area contributed by atoms with Gasteiger partial charge in [0.1, 0.15) is 5.60 Å². The highest BCUT2D eigenvalue weighted by atomic mass is 16.6. The molecule has 0 aromatic heterocycles. The van der Waals surface area contributed by atoms with E-state index in [2.05, 4.69) is 0 Å². The number of likely N-dealkylation sites (tertiary alicyclic amines) is 1. The first-order valence-electron chi connectivity index (χ1n) is 6.34. The Balaban J connectivity index is 2.97. The molecule has 0 aromatic carbocycles. The molecule has 0 spiro atoms. The number of esters is 1. The summed E-state index contributed by atoms with van der Waals surface area (Å²) >= 11 is 0. The Morgan fingerprint density at radius 3 is 2.42 bits per heavy atom. The average molecular weight is 271 g/mol. The van der Waals surface area contributed by atoms with Crippen molar-refractivity contribution in [3.05, 3.63) is 0 Å². The molecule has 1 atom stereocenters. The number of hydrogen-bond acceptors (Lipinski definition) is 5. The van der Waals surface area contributed by atoms with Gasteiger partial charge in [-0.25, -0.2) is 9.59 Å². The SMILES string of the molecule is CCOC(=O)[C@]1(C)C(=O)CCN1C(=O)OC(C)(C)C. The third-order valence-corrected chi connectivity index (χ3v) is 2.93. The standard InChI is InChI=1S/C13H21NO5/c1-6-18-10(16)13(5)9(15)7-8-14(13)11(17)19-12(2,3)4/h6-8H2,1-5H3/t13-/m0/s1. The normalized spacial score (nSPS) is 23.4. The van der Waals surface area contributed by atoms with Crippen molar-refractivity contribution >= 4 is 17.8 Å². The van der Waals surface area contributed by atoms with Gasteiger partial charge in [0, 0.05) is 13.0 Å². The molecule has 0 N–H and O–H groups in total. The quantitative estimate of drug-likeness (QED) is 0.562. The number of rotatable bonds is 2. The van der Waals surface area contributed by atoms with Crippen molar-refractivity contribution < 1.29 is 23.9 Å². The number of ether oxygens (including phenoxy) is 2. The highest BCUT2D eigenvalue weighted by molar-refractivity contribution is 6.11. The van der Waals surface area contributed by atoms with E-state index in [0.29, 0.717) is 0 Å². The molecule has 1 aliphatic heterocycles. The van der Waals surface area contributed by atoms with Gasteiger partial charge in [0.2, 0.25) is 0 Å². The maximum absolute atomic E-state index is 12.1. The summed E-state index contributed by atoms with van der Waals surface area (Å²) in [6, 6.07) is 0. The molecule has 6 heteroatoms. The molecule has 1 aliphatic rings. The maximum atomic E-state index is 12.1. The minimum atomic E-state index is -1.57. The van der Waals surface area contributed by atoms with Gasteiger partial charge >= 0.3 is 12.1 Å². The van der Waals surface area contributed by atoms with E-state index < -0.39 is 23.2 Å². The average Bonchev–Trinajstić information content (AvgIpc) is 2.55. The fraction of sp³-hybridized carbons (Fsp3) is 0.769. The molecule has 0 aromatic rings. The van der Waals surface area contributed by atoms with Crippen LogP contribution >= 0.6 is 0 Å². The topological polar surface area (TPSA) is 72.9 Å². The minimum Gasteiger partial charge on any atom is -0.464 e. The summed E-state index contributed by atoms with van der Waals surface area (Å²) in [5.74, 6) is -1.03. The minimum absolute atomic E-state index is 0.133. The van der Waals surface area contributed by atoms with Crippen LogP contribution in [0.15, 0.2) is 0 Å². The van der Waals surface area contributed by atoms with Gasteiger partial charge in [-0.1, -0.05) is 0 Å². The van der Waals surface area contributed by atoms with Gasteiger partial charge in [-0.2, -0.15) is 0 Å². The largest absolute Gasteiger partial charge is 0.464 e. The van der Waals surface area contributed by atoms with E-state index in [-0.39, 0.29) is 25.4 Å². The molecular formula is C13H21NO5. The van der Waals surface area contributed by atoms with Crippen molar-refractivity contribution in [2.45, 2.75) is 52.2 Å². The van der Waals surface area contributed by atoms with Crippen molar-refractivity contribution in [1.29, 1.82) is 0 Å². The van der Waals surface area contributed by atoms with Crippen molar-refractivity contribution in [2.75, 3.05) is 13.2 Å². The van der Waals surface area contributed by atoms with Gasteiger partial charge < -0.3 is 9.47 Å². The van der Waals surface area contributed by atoms with Crippen LogP contribution in [0.4, 0.5) is 4.79 Å². The lowest BCUT2D eigenvalue weighted by Crippen LogP contribution is -2.56. The zero-order valence-electron chi connectivity index (χ0n) is 12.1. The maximum Gasteiger partial charge on any atom is 0.411 e. The Bertz CT molecular complexity index is 398. The lowest BCUT2D eigenvalue weighted by atomic mass is 9.98. The third-order valence-electron chi connectivity index (χ3n) is 2.93. The van der Waals surface area contributed by atoms with Crippen molar-refractivity contribution in [3.63, 3.8) is 0 Å². The van der Waals surface area contributed by atoms with E-state index in [0.717, 1.165) is 4.90 Å². The molecule has 0 unspecified atom stereocenters. The smallest absolute Gasteiger partial charge is 0.411 e. The van der Waals surface area contributed by atoms with Crippen LogP contribution in [-0.2, 0) is 19.1 Å². The molecule has 0 aliphatic carbocycles. The molecule has 108 valence electrons. The molecule has 1 amide bonds. The first kappa shape index (κ1) is 15.5. The predicted octanol–water partition coefficient (Wildman–Crippen LogP) is 1.52. The summed E-state index contributed by atoms with van der Waals surface area (Å²) < 4.78 is 10.1. The van der Waals surface area contributed by atoms with Gasteiger partial charge in [-0.3, -0.25) is 9.69 Å². The highest BCUT2D eigenvalue weighted by Gasteiger charge is 2.54. The second kappa shape index (κ2) is 5.19. The van der Waals surface area contributed by atoms with Crippen LogP contribution in [0.1, 0.15) is 41.0 Å². The van der Waals surface area contributed by atoms with Gasteiger partial charge in [0.25, 0.3) is 0 Å². The van der Waals surface area contributed by atoms with Crippen molar-refractivity contribution in [3.8, 4) is 0 Å². The van der Waals surface area contributed by atoms with E-state index in [1.807, 2.05) is 0 Å². The lowest BCUT2D eigenvalue weighted by Gasteiger charge is -2.32. The van der Waals surface area contributed by atoms with Crippen LogP contribution in [0.3, 0.4) is 0 Å². The monoisotopic (exact) mass is 271 g/mol. The number of amides is 1. The van der Waals surface area contributed by atoms with Crippen LogP contribution in [0.25, 0.3) is 0 Å². The number of ketones is 1. The van der Waals surface area contributed by atoms with Crippen LogP contribution in [0.5, 0.6) is 0 Å². The highest BCUT2D eigenvalue weighted by Crippen LogP contribution is 2.29. The Hall–Kier alpha value is -1.59. The van der Waals surface area contributed by atoms with Crippen LogP contribution in [0, 0.1) is 0 Å². The molecule has 1 saturated heterocycles. The van der Waals surface area contributed by atoms with Gasteiger partial charge in [-0.15, -0.1) is 0 Å². The van der Waals surface area contributed by atoms with Crippen molar-refractivity contribution in [1.82, 2.24) is 4.90 Å². The fourth-order valence-electron chi connectivity index (χ4n) is 1.92. The zero-order valence-corrected chi connectivity index (χ0v) is 12.1. The van der Waals surface area contributed by atoms with Crippen LogP contribution in [0.2, 0.25) is 0 Å². The van der Waals surface area contributed by atoms with Gasteiger partial charge in [-0.05, 0) is 34.6 Å². The molecule has 1 rings (SSSR count). The molecular weight excluding hydrogens is 250 g/mol. The van der Waals surface area contributed by atoms with Gasteiger partial charge in [0.05, 0.1) is 6.61 Å². The summed E-state index contributed by atoms with van der Waals surface area (Å²) in [5, 5.41) is 0. The van der Waals surface area contributed by atoms with Crippen LogP contribution < -0.4 is 0 Å².